The number of nitrogens with two attached hydrogens (primary N) is 1. The van der Waals surface area contributed by atoms with E-state index in [1.165, 1.54) is 6.20 Å². The minimum absolute atomic E-state index is 0.238. The van der Waals surface area contributed by atoms with Crippen LogP contribution in [-0.4, -0.2) is 60.2 Å². The molecule has 3 N–H and O–H groups in total. The molecule has 1 aliphatic rings. The third-order valence-corrected chi connectivity index (χ3v) is 4.16. The van der Waals surface area contributed by atoms with E-state index in [1.54, 1.807) is 6.20 Å². The van der Waals surface area contributed by atoms with Crippen LogP contribution in [0.1, 0.15) is 29.6 Å². The van der Waals surface area contributed by atoms with Gasteiger partial charge < -0.3 is 20.6 Å². The number of hydrogen-bond donors (Lipinski definition) is 2. The number of carbonyl (C=O) groups excluding carboxylic acids is 1. The van der Waals surface area contributed by atoms with Crippen molar-refractivity contribution in [3.63, 3.8) is 0 Å². The van der Waals surface area contributed by atoms with Gasteiger partial charge in [-0.2, -0.15) is 0 Å². The Bertz CT molecular complexity index is 472. The smallest absolute Gasteiger partial charge is 0.252 e. The molecule has 21 heavy (non-hydrogen) atoms. The molecule has 1 amide bonds. The highest BCUT2D eigenvalue weighted by molar-refractivity contribution is 5.98. The van der Waals surface area contributed by atoms with Crippen molar-refractivity contribution in [1.29, 1.82) is 0 Å². The zero-order valence-electron chi connectivity index (χ0n) is 12.5. The fourth-order valence-electron chi connectivity index (χ4n) is 2.90. The van der Waals surface area contributed by atoms with Gasteiger partial charge in [-0.25, -0.2) is 0 Å². The molecule has 0 aliphatic carbocycles. The number of rotatable bonds is 6. The maximum atomic E-state index is 11.5. The fourth-order valence-corrected chi connectivity index (χ4v) is 2.90. The Labute approximate surface area is 125 Å². The SMILES string of the molecule is CN(CCCO)C1CCN(c2ccncc2C(N)=O)CC1. The molecule has 0 atom stereocenters. The third-order valence-electron chi connectivity index (χ3n) is 4.16. The number of amides is 1. The van der Waals surface area contributed by atoms with Crippen molar-refractivity contribution in [1.82, 2.24) is 9.88 Å². The Morgan fingerprint density at radius 2 is 2.24 bits per heavy atom. The van der Waals surface area contributed by atoms with Gasteiger partial charge >= 0.3 is 0 Å². The minimum atomic E-state index is -0.430. The molecule has 0 aromatic carbocycles. The normalized spacial score (nSPS) is 16.4. The first kappa shape index (κ1) is 15.7. The van der Waals surface area contributed by atoms with Gasteiger partial charge in [-0.15, -0.1) is 0 Å². The lowest BCUT2D eigenvalue weighted by Crippen LogP contribution is -2.44. The van der Waals surface area contributed by atoms with Gasteiger partial charge in [-0.05, 0) is 32.4 Å². The van der Waals surface area contributed by atoms with E-state index in [4.69, 9.17) is 10.8 Å². The van der Waals surface area contributed by atoms with Gasteiger partial charge in [0.25, 0.3) is 5.91 Å². The van der Waals surface area contributed by atoms with Crippen LogP contribution in [0.2, 0.25) is 0 Å². The molecule has 1 saturated heterocycles. The molecule has 0 spiro atoms. The number of aliphatic hydroxyl groups is 1. The average Bonchev–Trinajstić information content (AvgIpc) is 2.52. The number of aliphatic hydroxyl groups excluding tert-OH is 1. The quantitative estimate of drug-likeness (QED) is 0.796. The van der Waals surface area contributed by atoms with Crippen LogP contribution >= 0.6 is 0 Å². The van der Waals surface area contributed by atoms with Crippen molar-refractivity contribution >= 4 is 11.6 Å². The Balaban J connectivity index is 1.97. The maximum Gasteiger partial charge on any atom is 0.252 e. The lowest BCUT2D eigenvalue weighted by Gasteiger charge is -2.38. The number of primary amides is 1. The molecule has 0 bridgehead atoms. The Hall–Kier alpha value is -1.66. The molecule has 1 aromatic heterocycles. The summed E-state index contributed by atoms with van der Waals surface area (Å²) < 4.78 is 0. The molecule has 1 aliphatic heterocycles. The largest absolute Gasteiger partial charge is 0.396 e. The van der Waals surface area contributed by atoms with Gasteiger partial charge in [0.05, 0.1) is 11.3 Å². The van der Waals surface area contributed by atoms with E-state index in [0.717, 1.165) is 44.6 Å². The molecule has 1 fully saturated rings. The number of pyridine rings is 1. The molecule has 2 heterocycles. The van der Waals surface area contributed by atoms with E-state index in [0.29, 0.717) is 11.6 Å². The number of anilines is 1. The molecule has 0 radical (unpaired) electrons. The summed E-state index contributed by atoms with van der Waals surface area (Å²) in [6.07, 6.45) is 6.14. The van der Waals surface area contributed by atoms with Gasteiger partial charge in [-0.3, -0.25) is 9.78 Å². The van der Waals surface area contributed by atoms with Crippen molar-refractivity contribution in [2.75, 3.05) is 38.2 Å². The zero-order valence-corrected chi connectivity index (χ0v) is 12.5. The van der Waals surface area contributed by atoms with E-state index in [9.17, 15) is 4.79 Å². The molecule has 116 valence electrons. The van der Waals surface area contributed by atoms with Gasteiger partial charge in [-0.1, -0.05) is 0 Å². The number of aromatic nitrogens is 1. The van der Waals surface area contributed by atoms with Crippen LogP contribution in [0.25, 0.3) is 0 Å². The number of piperidine rings is 1. The topological polar surface area (TPSA) is 82.7 Å². The van der Waals surface area contributed by atoms with Crippen molar-refractivity contribution in [2.45, 2.75) is 25.3 Å². The summed E-state index contributed by atoms with van der Waals surface area (Å²) >= 11 is 0. The van der Waals surface area contributed by atoms with Crippen LogP contribution in [0, 0.1) is 0 Å². The Morgan fingerprint density at radius 1 is 1.52 bits per heavy atom. The van der Waals surface area contributed by atoms with E-state index >= 15 is 0 Å². The van der Waals surface area contributed by atoms with Crippen molar-refractivity contribution in [3.05, 3.63) is 24.0 Å². The average molecular weight is 292 g/mol. The second-order valence-corrected chi connectivity index (χ2v) is 5.53. The summed E-state index contributed by atoms with van der Waals surface area (Å²) in [5, 5.41) is 8.90. The van der Waals surface area contributed by atoms with Gasteiger partial charge in [0.2, 0.25) is 0 Å². The molecule has 6 nitrogen and oxygen atoms in total. The molecule has 0 unspecified atom stereocenters. The predicted molar refractivity (Wildman–Crippen MR) is 82.3 cm³/mol. The van der Waals surface area contributed by atoms with Crippen molar-refractivity contribution in [3.8, 4) is 0 Å². The first-order valence-corrected chi connectivity index (χ1v) is 7.43. The first-order chi connectivity index (χ1) is 10.1. The fraction of sp³-hybridized carbons (Fsp3) is 0.600. The highest BCUT2D eigenvalue weighted by Crippen LogP contribution is 2.24. The summed E-state index contributed by atoms with van der Waals surface area (Å²) in [4.78, 5) is 20.0. The van der Waals surface area contributed by atoms with E-state index < -0.39 is 5.91 Å². The summed E-state index contributed by atoms with van der Waals surface area (Å²) in [6.45, 7) is 2.96. The number of carbonyl (C=O) groups is 1. The third kappa shape index (κ3) is 3.92. The summed E-state index contributed by atoms with van der Waals surface area (Å²) in [7, 11) is 2.11. The van der Waals surface area contributed by atoms with Crippen molar-refractivity contribution < 1.29 is 9.90 Å². The highest BCUT2D eigenvalue weighted by atomic mass is 16.3. The molecule has 6 heteroatoms. The summed E-state index contributed by atoms with van der Waals surface area (Å²) in [5.74, 6) is -0.430. The first-order valence-electron chi connectivity index (χ1n) is 7.43. The molecular formula is C15H24N4O2. The Kier molecular flexibility index (Phi) is 5.52. The monoisotopic (exact) mass is 292 g/mol. The molecule has 2 rings (SSSR count). The molecular weight excluding hydrogens is 268 g/mol. The van der Waals surface area contributed by atoms with Crippen LogP contribution in [0.3, 0.4) is 0 Å². The predicted octanol–water partition coefficient (Wildman–Crippen LogP) is 0.463. The van der Waals surface area contributed by atoms with Crippen LogP contribution in [0.5, 0.6) is 0 Å². The van der Waals surface area contributed by atoms with E-state index in [1.807, 2.05) is 6.07 Å². The number of nitrogens with zero attached hydrogens (tertiary/aromatic N) is 3. The lowest BCUT2D eigenvalue weighted by atomic mass is 10.0. The van der Waals surface area contributed by atoms with Crippen LogP contribution in [0.15, 0.2) is 18.5 Å². The Morgan fingerprint density at radius 3 is 2.86 bits per heavy atom. The second-order valence-electron chi connectivity index (χ2n) is 5.53. The van der Waals surface area contributed by atoms with Gasteiger partial charge in [0.1, 0.15) is 0 Å². The van der Waals surface area contributed by atoms with E-state index in [2.05, 4.69) is 21.8 Å². The highest BCUT2D eigenvalue weighted by Gasteiger charge is 2.24. The molecule has 1 aromatic rings. The van der Waals surface area contributed by atoms with Crippen molar-refractivity contribution in [2.24, 2.45) is 5.73 Å². The van der Waals surface area contributed by atoms with E-state index in [-0.39, 0.29) is 6.61 Å². The van der Waals surface area contributed by atoms with Crippen LogP contribution < -0.4 is 10.6 Å². The summed E-state index contributed by atoms with van der Waals surface area (Å²) in [6, 6.07) is 2.39. The lowest BCUT2D eigenvalue weighted by molar-refractivity contribution is 0.1000. The van der Waals surface area contributed by atoms with Crippen LogP contribution in [0.4, 0.5) is 5.69 Å². The summed E-state index contributed by atoms with van der Waals surface area (Å²) in [5.41, 5.74) is 6.79. The number of hydrogen-bond acceptors (Lipinski definition) is 5. The standard InChI is InChI=1S/C15H24N4O2/c1-18(7-2-10-20)12-4-8-19(9-5-12)14-3-6-17-11-13(14)15(16)21/h3,6,11-12,20H,2,4-5,7-10H2,1H3,(H2,16,21). The van der Waals surface area contributed by atoms with Gasteiger partial charge in [0, 0.05) is 44.7 Å². The maximum absolute atomic E-state index is 11.5. The van der Waals surface area contributed by atoms with Gasteiger partial charge in [0.15, 0.2) is 0 Å². The zero-order chi connectivity index (χ0) is 15.2. The van der Waals surface area contributed by atoms with Crippen LogP contribution in [-0.2, 0) is 0 Å². The molecule has 0 saturated carbocycles. The second kappa shape index (κ2) is 7.38. The minimum Gasteiger partial charge on any atom is -0.396 e.